The van der Waals surface area contributed by atoms with E-state index in [1.54, 1.807) is 11.5 Å². The van der Waals surface area contributed by atoms with Gasteiger partial charge in [-0.3, -0.25) is 14.4 Å². The highest BCUT2D eigenvalue weighted by molar-refractivity contribution is 7.17. The number of anilines is 2. The molecule has 2 amide bonds. The first kappa shape index (κ1) is 34.0. The minimum Gasteiger partial charge on any atom is -0.504 e. The number of hydrogen-bond acceptors (Lipinski definition) is 12. The summed E-state index contributed by atoms with van der Waals surface area (Å²) in [5.41, 5.74) is 1.82. The fourth-order valence-electron chi connectivity index (χ4n) is 6.31. The van der Waals surface area contributed by atoms with Gasteiger partial charge in [0.15, 0.2) is 17.3 Å². The number of amides is 2. The molecule has 2 aliphatic heterocycles. The molecule has 4 aromatic heterocycles. The summed E-state index contributed by atoms with van der Waals surface area (Å²) in [7, 11) is 0. The number of thiazole rings is 1. The fraction of sp³-hybridized carbons (Fsp3) is 0.375. The van der Waals surface area contributed by atoms with E-state index in [-0.39, 0.29) is 77.2 Å². The van der Waals surface area contributed by atoms with E-state index >= 15 is 0 Å². The number of aromatic hydroxyl groups is 1. The van der Waals surface area contributed by atoms with E-state index in [2.05, 4.69) is 30.4 Å². The molecule has 0 spiro atoms. The van der Waals surface area contributed by atoms with Gasteiger partial charge in [0, 0.05) is 26.2 Å². The number of fused-ring (bicyclic) bond motifs is 2. The smallest absolute Gasteiger partial charge is 0.417 e. The highest BCUT2D eigenvalue weighted by atomic mass is 32.1. The van der Waals surface area contributed by atoms with E-state index in [0.29, 0.717) is 37.6 Å². The molecule has 266 valence electrons. The summed E-state index contributed by atoms with van der Waals surface area (Å²) in [5.74, 6) is -0.918. The third kappa shape index (κ3) is 6.26. The van der Waals surface area contributed by atoms with Crippen LogP contribution in [0.15, 0.2) is 34.8 Å². The van der Waals surface area contributed by atoms with E-state index in [1.807, 2.05) is 17.9 Å². The lowest BCUT2D eigenvalue weighted by atomic mass is 10.1. The number of benzene rings is 1. The summed E-state index contributed by atoms with van der Waals surface area (Å²) in [5, 5.41) is 17.6. The molecule has 2 N–H and O–H groups in total. The number of piperazine rings is 1. The third-order valence-electron chi connectivity index (χ3n) is 8.87. The van der Waals surface area contributed by atoms with Crippen LogP contribution < -0.4 is 15.8 Å². The van der Waals surface area contributed by atoms with Crippen LogP contribution in [-0.4, -0.2) is 95.3 Å². The molecule has 0 aliphatic carbocycles. The molecule has 0 radical (unpaired) electrons. The number of aromatic nitrogens is 7. The van der Waals surface area contributed by atoms with Crippen molar-refractivity contribution in [3.8, 4) is 5.75 Å². The van der Waals surface area contributed by atoms with Gasteiger partial charge in [-0.1, -0.05) is 13.0 Å². The van der Waals surface area contributed by atoms with Crippen LogP contribution in [0.4, 0.5) is 24.5 Å². The molecule has 7 rings (SSSR count). The Balaban J connectivity index is 1.24. The zero-order valence-electron chi connectivity index (χ0n) is 27.4. The molecule has 0 saturated carbocycles. The number of nitrogens with zero attached hydrogens (tertiary/aromatic N) is 9. The van der Waals surface area contributed by atoms with Crippen molar-refractivity contribution < 1.29 is 32.6 Å². The van der Waals surface area contributed by atoms with Crippen LogP contribution in [0, 0.1) is 6.92 Å². The zero-order chi connectivity index (χ0) is 36.0. The number of hydrogen-bond donors (Lipinski definition) is 2. The first-order valence-corrected chi connectivity index (χ1v) is 16.9. The Morgan fingerprint density at radius 2 is 1.90 bits per heavy atom. The topological polar surface area (TPSA) is 173 Å². The van der Waals surface area contributed by atoms with Crippen molar-refractivity contribution in [3.05, 3.63) is 68.9 Å². The summed E-state index contributed by atoms with van der Waals surface area (Å²) in [6, 6.07) is 2.08. The SMILES string of the molecule is CCc1c(N2CCN(C(=O)c3ncnc(C)c3O)CC2)c(=O)n2nc(C3=CCOCC3)nc2n1CC(=O)Nc1ccc(C(F)(F)F)c2scnc12. The third-order valence-corrected chi connectivity index (χ3v) is 9.73. The van der Waals surface area contributed by atoms with E-state index < -0.39 is 29.1 Å². The lowest BCUT2D eigenvalue weighted by Crippen LogP contribution is -2.51. The molecule has 1 saturated heterocycles. The van der Waals surface area contributed by atoms with Gasteiger partial charge >= 0.3 is 6.18 Å². The molecule has 1 aromatic carbocycles. The Morgan fingerprint density at radius 3 is 2.61 bits per heavy atom. The van der Waals surface area contributed by atoms with Crippen molar-refractivity contribution >= 4 is 56.1 Å². The van der Waals surface area contributed by atoms with Crippen LogP contribution >= 0.6 is 11.3 Å². The van der Waals surface area contributed by atoms with Crippen molar-refractivity contribution in [1.29, 1.82) is 0 Å². The molecule has 0 unspecified atom stereocenters. The first-order valence-electron chi connectivity index (χ1n) is 16.0. The van der Waals surface area contributed by atoms with E-state index in [0.717, 1.165) is 27.5 Å². The Morgan fingerprint density at radius 1 is 1.12 bits per heavy atom. The second kappa shape index (κ2) is 13.4. The lowest BCUT2D eigenvalue weighted by Gasteiger charge is -2.36. The largest absolute Gasteiger partial charge is 0.504 e. The molecule has 6 heterocycles. The average molecular weight is 725 g/mol. The van der Waals surface area contributed by atoms with Gasteiger partial charge in [0.05, 0.1) is 46.1 Å². The number of ether oxygens (including phenoxy) is 1. The lowest BCUT2D eigenvalue weighted by molar-refractivity contribution is -0.136. The summed E-state index contributed by atoms with van der Waals surface area (Å²) in [6.07, 6.45) is -0.731. The van der Waals surface area contributed by atoms with Crippen molar-refractivity contribution in [1.82, 2.24) is 39.0 Å². The normalized spacial score (nSPS) is 15.4. The maximum Gasteiger partial charge on any atom is 0.417 e. The molecule has 15 nitrogen and oxygen atoms in total. The maximum atomic E-state index is 14.2. The molecule has 1 fully saturated rings. The van der Waals surface area contributed by atoms with Crippen LogP contribution in [0.1, 0.15) is 46.6 Å². The Hall–Kier alpha value is -5.43. The van der Waals surface area contributed by atoms with Crippen LogP contribution in [-0.2, 0) is 28.7 Å². The maximum absolute atomic E-state index is 14.2. The van der Waals surface area contributed by atoms with Crippen LogP contribution in [0.5, 0.6) is 5.75 Å². The van der Waals surface area contributed by atoms with Gasteiger partial charge in [0.2, 0.25) is 11.7 Å². The van der Waals surface area contributed by atoms with Gasteiger partial charge in [0.1, 0.15) is 24.1 Å². The number of halogens is 3. The highest BCUT2D eigenvalue weighted by Crippen LogP contribution is 2.39. The molecule has 5 aromatic rings. The van der Waals surface area contributed by atoms with Crippen molar-refractivity contribution in [2.75, 3.05) is 49.6 Å². The van der Waals surface area contributed by atoms with Crippen LogP contribution in [0.2, 0.25) is 0 Å². The summed E-state index contributed by atoms with van der Waals surface area (Å²) < 4.78 is 49.0. The minimum atomic E-state index is -4.60. The Kier molecular flexibility index (Phi) is 8.92. The first-order chi connectivity index (χ1) is 24.5. The second-order valence-electron chi connectivity index (χ2n) is 11.9. The van der Waals surface area contributed by atoms with E-state index in [9.17, 15) is 32.7 Å². The van der Waals surface area contributed by atoms with Gasteiger partial charge in [-0.05, 0) is 37.5 Å². The average Bonchev–Trinajstić information content (AvgIpc) is 3.80. The standard InChI is InChI=1S/C32H31F3N10O5S/c1-3-21-25(42-8-10-43(11-9-42)29(48)24-26(47)17(2)36-15-37-24)30(49)45-31(40-28(41-45)18-6-12-50-13-7-18)44(21)14-22(46)39-20-5-4-19(32(33,34)35)27-23(20)38-16-51-27/h4-6,15-16,47H,3,7-14H2,1-2H3,(H,39,46). The van der Waals surface area contributed by atoms with E-state index in [4.69, 9.17) is 4.74 Å². The Labute approximate surface area is 291 Å². The minimum absolute atomic E-state index is 0.0127. The molecular formula is C32H31F3N10O5S. The monoisotopic (exact) mass is 724 g/mol. The van der Waals surface area contributed by atoms with Gasteiger partial charge in [-0.2, -0.15) is 22.7 Å². The molecular weight excluding hydrogens is 693 g/mol. The van der Waals surface area contributed by atoms with Gasteiger partial charge < -0.3 is 29.5 Å². The molecule has 0 bridgehead atoms. The van der Waals surface area contributed by atoms with Gasteiger partial charge in [-0.25, -0.2) is 15.0 Å². The number of rotatable bonds is 7. The second-order valence-corrected chi connectivity index (χ2v) is 12.8. The molecule has 2 aliphatic rings. The van der Waals surface area contributed by atoms with Crippen molar-refractivity contribution in [2.24, 2.45) is 0 Å². The van der Waals surface area contributed by atoms with Crippen LogP contribution in [0.25, 0.3) is 21.6 Å². The zero-order valence-corrected chi connectivity index (χ0v) is 28.2. The predicted molar refractivity (Wildman–Crippen MR) is 180 cm³/mol. The number of alkyl halides is 3. The quantitative estimate of drug-likeness (QED) is 0.252. The highest BCUT2D eigenvalue weighted by Gasteiger charge is 2.34. The predicted octanol–water partition coefficient (Wildman–Crippen LogP) is 3.29. The molecule has 19 heteroatoms. The summed E-state index contributed by atoms with van der Waals surface area (Å²) in [6.45, 7) is 4.75. The van der Waals surface area contributed by atoms with Crippen LogP contribution in [0.3, 0.4) is 0 Å². The molecule has 51 heavy (non-hydrogen) atoms. The number of carbonyl (C=O) groups is 2. The number of nitrogens with one attached hydrogen (secondary N) is 1. The van der Waals surface area contributed by atoms with Gasteiger partial charge in [0.25, 0.3) is 11.5 Å². The Bertz CT molecular complexity index is 2270. The summed E-state index contributed by atoms with van der Waals surface area (Å²) in [4.78, 5) is 61.1. The number of aryl methyl sites for hydroxylation is 1. The van der Waals surface area contributed by atoms with Crippen molar-refractivity contribution in [2.45, 2.75) is 39.4 Å². The molecule has 0 atom stereocenters. The fourth-order valence-corrected chi connectivity index (χ4v) is 7.16. The van der Waals surface area contributed by atoms with Gasteiger partial charge in [-0.15, -0.1) is 16.4 Å². The number of carbonyl (C=O) groups excluding carboxylic acids is 2. The van der Waals surface area contributed by atoms with Crippen molar-refractivity contribution in [3.63, 3.8) is 0 Å². The van der Waals surface area contributed by atoms with E-state index in [1.165, 1.54) is 22.8 Å². The summed E-state index contributed by atoms with van der Waals surface area (Å²) >= 11 is 0.825.